The van der Waals surface area contributed by atoms with Crippen LogP contribution in [0.5, 0.6) is 0 Å². The van der Waals surface area contributed by atoms with Crippen LogP contribution in [0.1, 0.15) is 44.4 Å². The molecule has 0 amide bonds. The second-order valence-electron chi connectivity index (χ2n) is 5.29. The third-order valence-corrected chi connectivity index (χ3v) is 4.53. The molecule has 21 heavy (non-hydrogen) atoms. The van der Waals surface area contributed by atoms with Crippen LogP contribution in [-0.2, 0) is 6.42 Å². The van der Waals surface area contributed by atoms with Crippen LogP contribution in [0.4, 0.5) is 5.69 Å². The Kier molecular flexibility index (Phi) is 6.19. The summed E-state index contributed by atoms with van der Waals surface area (Å²) in [5, 5.41) is 3.64. The first-order valence-corrected chi connectivity index (χ1v) is 8.80. The lowest BCUT2D eigenvalue weighted by Gasteiger charge is -2.18. The van der Waals surface area contributed by atoms with Gasteiger partial charge in [0.05, 0.1) is 0 Å². The van der Waals surface area contributed by atoms with Crippen molar-refractivity contribution in [3.63, 3.8) is 0 Å². The summed E-state index contributed by atoms with van der Waals surface area (Å²) in [6.45, 7) is 6.64. The Bertz CT molecular complexity index is 548. The Morgan fingerprint density at radius 1 is 1.00 bits per heavy atom. The van der Waals surface area contributed by atoms with Gasteiger partial charge < -0.3 is 5.32 Å². The number of para-hydroxylation sites is 1. The summed E-state index contributed by atoms with van der Waals surface area (Å²) >= 11 is 1.89. The van der Waals surface area contributed by atoms with Crippen LogP contribution in [0.2, 0.25) is 0 Å². The molecule has 1 unspecified atom stereocenters. The summed E-state index contributed by atoms with van der Waals surface area (Å²) in [5.74, 6) is 1.10. The number of anilines is 1. The predicted molar refractivity (Wildman–Crippen MR) is 95.3 cm³/mol. The molecule has 1 N–H and O–H groups in total. The van der Waals surface area contributed by atoms with Crippen LogP contribution in [0.25, 0.3) is 0 Å². The fourth-order valence-electron chi connectivity index (χ4n) is 2.45. The molecule has 2 aromatic carbocycles. The molecule has 0 fully saturated rings. The standard InChI is InChI=1S/C19H25NS/c1-4-8-16-11-13-17(14-12-16)15(3)20-18-9-6-7-10-19(18)21-5-2/h6-7,9-15,20H,4-5,8H2,1-3H3. The summed E-state index contributed by atoms with van der Waals surface area (Å²) in [4.78, 5) is 1.33. The minimum Gasteiger partial charge on any atom is -0.378 e. The predicted octanol–water partition coefficient (Wildman–Crippen LogP) is 5.92. The van der Waals surface area contributed by atoms with Crippen molar-refractivity contribution < 1.29 is 0 Å². The molecule has 0 radical (unpaired) electrons. The zero-order valence-corrected chi connectivity index (χ0v) is 14.0. The molecule has 0 saturated heterocycles. The van der Waals surface area contributed by atoms with Crippen molar-refractivity contribution in [3.8, 4) is 0 Å². The van der Waals surface area contributed by atoms with Crippen LogP contribution in [0, 0.1) is 0 Å². The van der Waals surface area contributed by atoms with E-state index in [-0.39, 0.29) is 0 Å². The Morgan fingerprint density at radius 3 is 2.38 bits per heavy atom. The highest BCUT2D eigenvalue weighted by molar-refractivity contribution is 7.99. The molecule has 0 aliphatic heterocycles. The number of benzene rings is 2. The molecule has 0 aliphatic carbocycles. The highest BCUT2D eigenvalue weighted by Crippen LogP contribution is 2.29. The molecule has 2 aromatic rings. The van der Waals surface area contributed by atoms with Gasteiger partial charge in [0, 0.05) is 16.6 Å². The zero-order valence-electron chi connectivity index (χ0n) is 13.2. The molecule has 0 heterocycles. The van der Waals surface area contributed by atoms with Gasteiger partial charge in [-0.25, -0.2) is 0 Å². The lowest BCUT2D eigenvalue weighted by atomic mass is 10.0. The van der Waals surface area contributed by atoms with Crippen LogP contribution in [-0.4, -0.2) is 5.75 Å². The van der Waals surface area contributed by atoms with E-state index in [1.165, 1.54) is 28.1 Å². The van der Waals surface area contributed by atoms with E-state index in [0.717, 1.165) is 12.2 Å². The van der Waals surface area contributed by atoms with Crippen LogP contribution >= 0.6 is 11.8 Å². The fraction of sp³-hybridized carbons (Fsp3) is 0.368. The largest absolute Gasteiger partial charge is 0.378 e. The highest BCUT2D eigenvalue weighted by atomic mass is 32.2. The van der Waals surface area contributed by atoms with Gasteiger partial charge in [-0.1, -0.05) is 56.7 Å². The SMILES string of the molecule is CCCc1ccc(C(C)Nc2ccccc2SCC)cc1. The second-order valence-corrected chi connectivity index (χ2v) is 6.59. The van der Waals surface area contributed by atoms with Gasteiger partial charge in [0.1, 0.15) is 0 Å². The Hall–Kier alpha value is -1.41. The number of hydrogen-bond donors (Lipinski definition) is 1. The average molecular weight is 299 g/mol. The number of hydrogen-bond acceptors (Lipinski definition) is 2. The first-order chi connectivity index (χ1) is 10.2. The smallest absolute Gasteiger partial charge is 0.0486 e. The maximum Gasteiger partial charge on any atom is 0.0486 e. The van der Waals surface area contributed by atoms with Crippen molar-refractivity contribution in [1.29, 1.82) is 0 Å². The van der Waals surface area contributed by atoms with Crippen molar-refractivity contribution in [1.82, 2.24) is 0 Å². The van der Waals surface area contributed by atoms with Gasteiger partial charge in [-0.15, -0.1) is 11.8 Å². The molecular formula is C19H25NS. The van der Waals surface area contributed by atoms with E-state index in [1.807, 2.05) is 11.8 Å². The van der Waals surface area contributed by atoms with Crippen LogP contribution in [0.15, 0.2) is 53.4 Å². The summed E-state index contributed by atoms with van der Waals surface area (Å²) in [5.41, 5.74) is 4.00. The van der Waals surface area contributed by atoms with Gasteiger partial charge in [0.15, 0.2) is 0 Å². The first kappa shape index (κ1) is 16.0. The Labute approximate surface area is 133 Å². The lowest BCUT2D eigenvalue weighted by molar-refractivity contribution is 0.872. The third kappa shape index (κ3) is 4.53. The van der Waals surface area contributed by atoms with E-state index in [0.29, 0.717) is 6.04 Å². The van der Waals surface area contributed by atoms with E-state index < -0.39 is 0 Å². The van der Waals surface area contributed by atoms with E-state index in [4.69, 9.17) is 0 Å². The van der Waals surface area contributed by atoms with E-state index in [9.17, 15) is 0 Å². The molecule has 0 aliphatic rings. The minimum absolute atomic E-state index is 0.319. The quantitative estimate of drug-likeness (QED) is 0.636. The van der Waals surface area contributed by atoms with Gasteiger partial charge in [-0.2, -0.15) is 0 Å². The van der Waals surface area contributed by atoms with Crippen molar-refractivity contribution in [2.75, 3.05) is 11.1 Å². The molecule has 2 heteroatoms. The van der Waals surface area contributed by atoms with Crippen LogP contribution in [0.3, 0.4) is 0 Å². The molecule has 0 spiro atoms. The second kappa shape index (κ2) is 8.14. The molecule has 2 rings (SSSR count). The van der Waals surface area contributed by atoms with Gasteiger partial charge in [0.2, 0.25) is 0 Å². The lowest BCUT2D eigenvalue weighted by Crippen LogP contribution is -2.07. The van der Waals surface area contributed by atoms with Crippen molar-refractivity contribution in [3.05, 3.63) is 59.7 Å². The highest BCUT2D eigenvalue weighted by Gasteiger charge is 2.08. The van der Waals surface area contributed by atoms with Gasteiger partial charge >= 0.3 is 0 Å². The van der Waals surface area contributed by atoms with Gasteiger partial charge in [-0.3, -0.25) is 0 Å². The van der Waals surface area contributed by atoms with Gasteiger partial charge in [0.25, 0.3) is 0 Å². The molecule has 0 bridgehead atoms. The van der Waals surface area contributed by atoms with E-state index >= 15 is 0 Å². The maximum absolute atomic E-state index is 3.64. The van der Waals surface area contributed by atoms with Crippen molar-refractivity contribution in [2.45, 2.75) is 44.6 Å². The van der Waals surface area contributed by atoms with Gasteiger partial charge in [-0.05, 0) is 42.4 Å². The number of rotatable bonds is 7. The normalized spacial score (nSPS) is 12.1. The summed E-state index contributed by atoms with van der Waals surface area (Å²) < 4.78 is 0. The summed E-state index contributed by atoms with van der Waals surface area (Å²) in [6, 6.07) is 17.9. The monoisotopic (exact) mass is 299 g/mol. The summed E-state index contributed by atoms with van der Waals surface area (Å²) in [6.07, 6.45) is 2.37. The third-order valence-electron chi connectivity index (χ3n) is 3.58. The first-order valence-electron chi connectivity index (χ1n) is 7.81. The maximum atomic E-state index is 3.64. The Morgan fingerprint density at radius 2 is 1.71 bits per heavy atom. The number of nitrogens with one attached hydrogen (secondary N) is 1. The minimum atomic E-state index is 0.319. The molecule has 1 nitrogen and oxygen atoms in total. The van der Waals surface area contributed by atoms with Crippen molar-refractivity contribution in [2.24, 2.45) is 0 Å². The van der Waals surface area contributed by atoms with E-state index in [1.54, 1.807) is 0 Å². The summed E-state index contributed by atoms with van der Waals surface area (Å²) in [7, 11) is 0. The zero-order chi connectivity index (χ0) is 15.1. The Balaban J connectivity index is 2.08. The van der Waals surface area contributed by atoms with E-state index in [2.05, 4.69) is 74.6 Å². The molecule has 112 valence electrons. The molecule has 0 aromatic heterocycles. The topological polar surface area (TPSA) is 12.0 Å². The fourth-order valence-corrected chi connectivity index (χ4v) is 3.21. The molecular weight excluding hydrogens is 274 g/mol. The number of thioether (sulfide) groups is 1. The van der Waals surface area contributed by atoms with Crippen molar-refractivity contribution >= 4 is 17.4 Å². The molecule has 1 atom stereocenters. The molecule has 0 saturated carbocycles. The average Bonchev–Trinajstić information content (AvgIpc) is 2.50. The number of aryl methyl sites for hydroxylation is 1. The van der Waals surface area contributed by atoms with Crippen LogP contribution < -0.4 is 5.32 Å².